The van der Waals surface area contributed by atoms with Crippen LogP contribution in [0, 0.1) is 13.8 Å². The van der Waals surface area contributed by atoms with E-state index in [0.717, 1.165) is 17.5 Å². The van der Waals surface area contributed by atoms with Crippen LogP contribution in [0.25, 0.3) is 11.1 Å². The van der Waals surface area contributed by atoms with Crippen molar-refractivity contribution in [2.75, 3.05) is 0 Å². The molecular formula is C43H42Cl8Zr. The van der Waals surface area contributed by atoms with Crippen molar-refractivity contribution in [2.24, 2.45) is 0 Å². The summed E-state index contributed by atoms with van der Waals surface area (Å²) in [5.74, 6) is 0. The minimum atomic E-state index is -3.14. The van der Waals surface area contributed by atoms with Crippen LogP contribution in [0.15, 0.2) is 91.0 Å². The number of rotatable bonds is 4. The number of alkyl halides is 6. The molecule has 2 aliphatic rings. The minimum Gasteiger partial charge on any atom is -1.00 e. The molecule has 4 aromatic carbocycles. The minimum absolute atomic E-state index is 0. The van der Waals surface area contributed by atoms with E-state index in [1.165, 1.54) is 51.0 Å². The fourth-order valence-corrected chi connectivity index (χ4v) is 17.2. The van der Waals surface area contributed by atoms with Gasteiger partial charge in [-0.05, 0) is 0 Å². The first kappa shape index (κ1) is 44.2. The second-order valence-electron chi connectivity index (χ2n) is 15.7. The standard InChI is InChI=1S/C23H29.C15H8Cl6.C5H5.2ClH.Zr/c1-14-9-16-11-17-10-15(2)21(23(6,7)8)13-19(17)18(16)12-20(14)22(3,4)5;16-14(17,18)12-5-1-3-10(8-12)7-11-4-2-6-13(9-11)15(19,20)21;1-2-4-5-3-1;;;/h9,12-13H,11H2,1-8H3;1-6,8-9H;1-5H;2*1H;/q;;;;;+2/p-2. The van der Waals surface area contributed by atoms with E-state index in [-0.39, 0.29) is 39.3 Å². The molecule has 6 rings (SSSR count). The second kappa shape index (κ2) is 16.1. The van der Waals surface area contributed by atoms with Crippen LogP contribution in [-0.4, -0.2) is 3.21 Å². The van der Waals surface area contributed by atoms with Crippen molar-refractivity contribution < 1.29 is 46.1 Å². The molecular weight excluding hydrogens is 891 g/mol. The van der Waals surface area contributed by atoms with Gasteiger partial charge in [0, 0.05) is 0 Å². The topological polar surface area (TPSA) is 0 Å². The van der Waals surface area contributed by atoms with Crippen molar-refractivity contribution >= 4 is 76.1 Å². The smallest absolute Gasteiger partial charge is 1.00 e. The maximum atomic E-state index is 6.53. The molecule has 0 radical (unpaired) electrons. The summed E-state index contributed by atoms with van der Waals surface area (Å²) in [6, 6.07) is 23.5. The van der Waals surface area contributed by atoms with Gasteiger partial charge in [0.2, 0.25) is 0 Å². The molecule has 0 atom stereocenters. The molecule has 9 heteroatoms. The summed E-state index contributed by atoms with van der Waals surface area (Å²) in [6.07, 6.45) is 10.0. The molecule has 0 aromatic heterocycles. The van der Waals surface area contributed by atoms with Gasteiger partial charge in [0.05, 0.1) is 0 Å². The average molecular weight is 934 g/mol. The summed E-state index contributed by atoms with van der Waals surface area (Å²) in [5.41, 5.74) is 14.4. The van der Waals surface area contributed by atoms with Crippen LogP contribution >= 0.6 is 69.6 Å². The Bertz CT molecular complexity index is 2030. The van der Waals surface area contributed by atoms with Crippen molar-refractivity contribution in [2.45, 2.75) is 83.9 Å². The number of hydrogen-bond donors (Lipinski definition) is 0. The van der Waals surface area contributed by atoms with Gasteiger partial charge in [-0.25, -0.2) is 0 Å². The molecule has 2 aliphatic carbocycles. The Hall–Kier alpha value is -0.567. The predicted molar refractivity (Wildman–Crippen MR) is 218 cm³/mol. The maximum Gasteiger partial charge on any atom is -1.00 e. The molecule has 0 bridgehead atoms. The zero-order valence-electron chi connectivity index (χ0n) is 30.5. The zero-order chi connectivity index (χ0) is 36.6. The Balaban J connectivity index is 0.00000302. The van der Waals surface area contributed by atoms with Gasteiger partial charge in [-0.2, -0.15) is 0 Å². The summed E-state index contributed by atoms with van der Waals surface area (Å²) >= 11 is 36.1. The van der Waals surface area contributed by atoms with Crippen LogP contribution in [0.5, 0.6) is 0 Å². The van der Waals surface area contributed by atoms with Crippen molar-refractivity contribution in [3.63, 3.8) is 0 Å². The third kappa shape index (κ3) is 8.86. The van der Waals surface area contributed by atoms with Gasteiger partial charge in [0.1, 0.15) is 0 Å². The molecule has 0 saturated carbocycles. The third-order valence-corrected chi connectivity index (χ3v) is 19.6. The van der Waals surface area contributed by atoms with Gasteiger partial charge in [-0.1, -0.05) is 0 Å². The van der Waals surface area contributed by atoms with Gasteiger partial charge in [-0.15, -0.1) is 0 Å². The quantitative estimate of drug-likeness (QED) is 0.164. The maximum absolute atomic E-state index is 6.53. The second-order valence-corrected chi connectivity index (χ2v) is 26.4. The molecule has 0 saturated heterocycles. The van der Waals surface area contributed by atoms with E-state index >= 15 is 0 Å². The summed E-state index contributed by atoms with van der Waals surface area (Å²) < 4.78 is -0.112. The SMILES string of the molecule is Cc1cc2c(cc1C(C)(C)C)-c1cc(C(C)(C)C)c(C)[c]([Zr+2](=[C](c3cccc(C(Cl)(Cl)Cl)c3)c3cccc(C(Cl)(Cl)Cl)c3)[CH]3C=CC=C3)c1C2.[Cl-].[Cl-]. The summed E-state index contributed by atoms with van der Waals surface area (Å²) in [5, 5.41) is 0. The van der Waals surface area contributed by atoms with E-state index in [1.54, 1.807) is 0 Å². The largest absolute Gasteiger partial charge is 1.00 e. The van der Waals surface area contributed by atoms with E-state index in [9.17, 15) is 0 Å². The monoisotopic (exact) mass is 928 g/mol. The first-order valence-corrected chi connectivity index (χ1v) is 23.1. The Kier molecular flexibility index (Phi) is 13.7. The molecule has 52 heavy (non-hydrogen) atoms. The van der Waals surface area contributed by atoms with Gasteiger partial charge >= 0.3 is 339 Å². The molecule has 4 aromatic rings. The van der Waals surface area contributed by atoms with Crippen molar-refractivity contribution in [3.8, 4) is 11.1 Å². The number of aryl methyl sites for hydroxylation is 1. The molecule has 0 N–H and O–H groups in total. The molecule has 0 amide bonds. The molecule has 274 valence electrons. The van der Waals surface area contributed by atoms with Crippen LogP contribution in [-0.2, 0) is 46.1 Å². The summed E-state index contributed by atoms with van der Waals surface area (Å²) in [4.78, 5) is 0. The predicted octanol–water partition coefficient (Wildman–Crippen LogP) is 7.56. The summed E-state index contributed by atoms with van der Waals surface area (Å²) in [7, 11) is 0. The van der Waals surface area contributed by atoms with Gasteiger partial charge in [0.25, 0.3) is 0 Å². The zero-order valence-corrected chi connectivity index (χ0v) is 39.0. The van der Waals surface area contributed by atoms with Crippen molar-refractivity contribution in [1.29, 1.82) is 0 Å². The first-order valence-electron chi connectivity index (χ1n) is 16.9. The number of fused-ring (bicyclic) bond motifs is 3. The Morgan fingerprint density at radius 3 is 1.58 bits per heavy atom. The fraction of sp³-hybridized carbons (Fsp3) is 0.326. The third-order valence-electron chi connectivity index (χ3n) is 10.00. The molecule has 0 fully saturated rings. The number of benzene rings is 4. The Morgan fingerprint density at radius 1 is 0.635 bits per heavy atom. The van der Waals surface area contributed by atoms with E-state index < -0.39 is 28.9 Å². The van der Waals surface area contributed by atoms with Crippen LogP contribution in [0.2, 0.25) is 3.63 Å². The van der Waals surface area contributed by atoms with Crippen LogP contribution < -0.4 is 28.1 Å². The molecule has 0 spiro atoms. The van der Waals surface area contributed by atoms with Crippen LogP contribution in [0.3, 0.4) is 0 Å². The van der Waals surface area contributed by atoms with Gasteiger partial charge < -0.3 is 24.8 Å². The Morgan fingerprint density at radius 2 is 1.12 bits per heavy atom. The molecule has 0 heterocycles. The van der Waals surface area contributed by atoms with Gasteiger partial charge in [0.15, 0.2) is 0 Å². The van der Waals surface area contributed by atoms with E-state index in [4.69, 9.17) is 69.6 Å². The van der Waals surface area contributed by atoms with Crippen molar-refractivity contribution in [3.05, 3.63) is 147 Å². The molecule has 0 unspecified atom stereocenters. The van der Waals surface area contributed by atoms with Crippen molar-refractivity contribution in [1.82, 2.24) is 0 Å². The molecule has 0 aliphatic heterocycles. The fourth-order valence-electron chi connectivity index (χ4n) is 7.83. The average Bonchev–Trinajstić information content (AvgIpc) is 3.66. The normalized spacial score (nSPS) is 13.9. The molecule has 0 nitrogen and oxygen atoms in total. The number of hydrogen-bond acceptors (Lipinski definition) is 0. The Labute approximate surface area is 360 Å². The van der Waals surface area contributed by atoms with Crippen LogP contribution in [0.4, 0.5) is 0 Å². The number of allylic oxidation sites excluding steroid dienone is 4. The van der Waals surface area contributed by atoms with Crippen LogP contribution in [0.1, 0.15) is 97.2 Å². The number of halogens is 8. The van der Waals surface area contributed by atoms with E-state index in [2.05, 4.69) is 110 Å². The van der Waals surface area contributed by atoms with E-state index in [1.807, 2.05) is 36.4 Å². The first-order chi connectivity index (χ1) is 23.2. The summed E-state index contributed by atoms with van der Waals surface area (Å²) in [6.45, 7) is 18.5. The van der Waals surface area contributed by atoms with Gasteiger partial charge in [-0.3, -0.25) is 0 Å². The van der Waals surface area contributed by atoms with E-state index in [0.29, 0.717) is 11.1 Å².